The zero-order chi connectivity index (χ0) is 15.5. The summed E-state index contributed by atoms with van der Waals surface area (Å²) in [5.41, 5.74) is 0.580. The molecule has 0 aromatic heterocycles. The fourth-order valence-corrected chi connectivity index (χ4v) is 4.13. The quantitative estimate of drug-likeness (QED) is 0.603. The molecule has 2 aliphatic rings. The number of carbonyl (C=O) groups is 1. The molecule has 0 amide bonds. The molecule has 3 heteroatoms. The van der Waals surface area contributed by atoms with Crippen LogP contribution in [0.3, 0.4) is 0 Å². The maximum atomic E-state index is 12.4. The van der Waals surface area contributed by atoms with E-state index < -0.39 is 0 Å². The zero-order valence-electron chi connectivity index (χ0n) is 13.1. The average molecular weight is 297 g/mol. The molecule has 22 heavy (non-hydrogen) atoms. The topological polar surface area (TPSA) is 50.1 Å². The summed E-state index contributed by atoms with van der Waals surface area (Å²) >= 11 is 0. The number of hydrogen-bond acceptors (Lipinski definition) is 3. The maximum absolute atomic E-state index is 12.4. The molecule has 2 fully saturated rings. The smallest absolute Gasteiger partial charge is 0.314 e. The molecule has 2 aliphatic carbocycles. The van der Waals surface area contributed by atoms with Crippen LogP contribution in [-0.2, 0) is 4.79 Å². The van der Waals surface area contributed by atoms with Gasteiger partial charge in [0.1, 0.15) is 5.75 Å². The zero-order valence-corrected chi connectivity index (χ0v) is 13.1. The molecule has 1 aromatic rings. The first-order chi connectivity index (χ1) is 10.7. The van der Waals surface area contributed by atoms with Crippen LogP contribution in [0.5, 0.6) is 5.75 Å². The van der Waals surface area contributed by atoms with E-state index >= 15 is 0 Å². The van der Waals surface area contributed by atoms with E-state index in [9.17, 15) is 4.79 Å². The third-order valence-corrected chi connectivity index (χ3v) is 5.41. The van der Waals surface area contributed by atoms with Crippen molar-refractivity contribution in [3.63, 3.8) is 0 Å². The highest BCUT2D eigenvalue weighted by atomic mass is 16.5. The molecule has 0 heterocycles. The first kappa shape index (κ1) is 15.1. The fraction of sp³-hybridized carbons (Fsp3) is 0.579. The number of fused-ring (bicyclic) bond motifs is 1. The Morgan fingerprint density at radius 1 is 1.09 bits per heavy atom. The van der Waals surface area contributed by atoms with Crippen LogP contribution in [-0.4, -0.2) is 5.97 Å². The molecule has 2 unspecified atom stereocenters. The van der Waals surface area contributed by atoms with E-state index in [2.05, 4.69) is 13.0 Å². The highest BCUT2D eigenvalue weighted by molar-refractivity contribution is 5.75. The van der Waals surface area contributed by atoms with Crippen molar-refractivity contribution in [3.8, 4) is 11.8 Å². The van der Waals surface area contributed by atoms with E-state index in [1.807, 2.05) is 0 Å². The van der Waals surface area contributed by atoms with Gasteiger partial charge in [-0.3, -0.25) is 4.79 Å². The van der Waals surface area contributed by atoms with Gasteiger partial charge in [-0.25, -0.2) is 0 Å². The van der Waals surface area contributed by atoms with E-state index in [0.717, 1.165) is 24.7 Å². The number of hydrogen-bond donors (Lipinski definition) is 0. The standard InChI is InChI=1S/C19H23NO2/c1-13-2-5-16-11-17(7-6-15(16)10-13)19(21)22-18-8-3-14(12-20)4-9-18/h3-4,8-9,13,15-17H,2,5-7,10-11H2,1H3/t13?,15-,16?,17-/m1/s1. The average Bonchev–Trinajstić information content (AvgIpc) is 2.55. The Labute approximate surface area is 132 Å². The summed E-state index contributed by atoms with van der Waals surface area (Å²) in [5.74, 6) is 2.88. The summed E-state index contributed by atoms with van der Waals surface area (Å²) in [6.45, 7) is 2.35. The molecule has 0 radical (unpaired) electrons. The second kappa shape index (κ2) is 6.52. The number of esters is 1. The molecule has 0 saturated heterocycles. The molecule has 0 aliphatic heterocycles. The van der Waals surface area contributed by atoms with Crippen molar-refractivity contribution >= 4 is 5.97 Å². The summed E-state index contributed by atoms with van der Waals surface area (Å²) in [5, 5.41) is 8.79. The largest absolute Gasteiger partial charge is 0.426 e. The lowest BCUT2D eigenvalue weighted by atomic mass is 9.65. The predicted molar refractivity (Wildman–Crippen MR) is 84.1 cm³/mol. The second-order valence-electron chi connectivity index (χ2n) is 7.01. The second-order valence-corrected chi connectivity index (χ2v) is 7.01. The van der Waals surface area contributed by atoms with E-state index in [0.29, 0.717) is 17.2 Å². The lowest BCUT2D eigenvalue weighted by Gasteiger charge is -2.40. The highest BCUT2D eigenvalue weighted by Gasteiger charge is 2.37. The van der Waals surface area contributed by atoms with Gasteiger partial charge in [-0.2, -0.15) is 5.26 Å². The molecule has 4 atom stereocenters. The number of carbonyl (C=O) groups excluding carboxylic acids is 1. The number of nitriles is 1. The van der Waals surface area contributed by atoms with Crippen molar-refractivity contribution in [3.05, 3.63) is 29.8 Å². The third kappa shape index (κ3) is 3.32. The lowest BCUT2D eigenvalue weighted by molar-refractivity contribution is -0.141. The van der Waals surface area contributed by atoms with Crippen molar-refractivity contribution in [2.75, 3.05) is 0 Å². The van der Waals surface area contributed by atoms with E-state index in [1.54, 1.807) is 24.3 Å². The lowest BCUT2D eigenvalue weighted by Crippen LogP contribution is -2.34. The van der Waals surface area contributed by atoms with Gasteiger partial charge in [0.05, 0.1) is 17.6 Å². The molecular formula is C19H23NO2. The van der Waals surface area contributed by atoms with Crippen LogP contribution in [0.4, 0.5) is 0 Å². The highest BCUT2D eigenvalue weighted by Crippen LogP contribution is 2.44. The predicted octanol–water partition coefficient (Wildman–Crippen LogP) is 4.32. The molecule has 3 nitrogen and oxygen atoms in total. The van der Waals surface area contributed by atoms with Crippen LogP contribution in [0.15, 0.2) is 24.3 Å². The van der Waals surface area contributed by atoms with Crippen LogP contribution in [0.25, 0.3) is 0 Å². The number of ether oxygens (including phenoxy) is 1. The Hall–Kier alpha value is -1.82. The van der Waals surface area contributed by atoms with Crippen molar-refractivity contribution in [2.24, 2.45) is 23.7 Å². The summed E-state index contributed by atoms with van der Waals surface area (Å²) in [6.07, 6.45) is 7.03. The van der Waals surface area contributed by atoms with Gasteiger partial charge >= 0.3 is 5.97 Å². The van der Waals surface area contributed by atoms with Crippen LogP contribution in [0, 0.1) is 35.0 Å². The summed E-state index contributed by atoms with van der Waals surface area (Å²) in [7, 11) is 0. The summed E-state index contributed by atoms with van der Waals surface area (Å²) in [6, 6.07) is 8.83. The first-order valence-electron chi connectivity index (χ1n) is 8.37. The number of benzene rings is 1. The first-order valence-corrected chi connectivity index (χ1v) is 8.37. The molecule has 0 bridgehead atoms. The van der Waals surface area contributed by atoms with Crippen LogP contribution in [0.2, 0.25) is 0 Å². The monoisotopic (exact) mass is 297 g/mol. The number of nitrogens with zero attached hydrogens (tertiary/aromatic N) is 1. The van der Waals surface area contributed by atoms with Crippen molar-refractivity contribution in [1.82, 2.24) is 0 Å². The van der Waals surface area contributed by atoms with Crippen molar-refractivity contribution in [1.29, 1.82) is 5.26 Å². The fourth-order valence-electron chi connectivity index (χ4n) is 4.13. The van der Waals surface area contributed by atoms with Crippen LogP contribution >= 0.6 is 0 Å². The minimum atomic E-state index is -0.0956. The molecule has 3 rings (SSSR count). The van der Waals surface area contributed by atoms with E-state index in [-0.39, 0.29) is 11.9 Å². The molecule has 0 spiro atoms. The van der Waals surface area contributed by atoms with Gasteiger partial charge in [-0.15, -0.1) is 0 Å². The van der Waals surface area contributed by atoms with Gasteiger partial charge in [-0.1, -0.05) is 13.3 Å². The molecule has 1 aromatic carbocycles. The van der Waals surface area contributed by atoms with Gasteiger partial charge < -0.3 is 4.74 Å². The number of rotatable bonds is 2. The maximum Gasteiger partial charge on any atom is 0.314 e. The van der Waals surface area contributed by atoms with Crippen molar-refractivity contribution < 1.29 is 9.53 Å². The van der Waals surface area contributed by atoms with Gasteiger partial charge in [0.15, 0.2) is 0 Å². The normalized spacial score (nSPS) is 30.9. The van der Waals surface area contributed by atoms with Gasteiger partial charge in [0.2, 0.25) is 0 Å². The molecule has 2 saturated carbocycles. The Bertz CT molecular complexity index is 572. The van der Waals surface area contributed by atoms with Gasteiger partial charge in [-0.05, 0) is 74.1 Å². The SMILES string of the molecule is CC1CCC2C[C@H](C(=O)Oc3ccc(C#N)cc3)CC[C@@H]2C1. The summed E-state index contributed by atoms with van der Waals surface area (Å²) in [4.78, 5) is 12.4. The Morgan fingerprint density at radius 3 is 2.50 bits per heavy atom. The molecular weight excluding hydrogens is 274 g/mol. The Morgan fingerprint density at radius 2 is 1.77 bits per heavy atom. The Balaban J connectivity index is 1.57. The summed E-state index contributed by atoms with van der Waals surface area (Å²) < 4.78 is 5.51. The third-order valence-electron chi connectivity index (χ3n) is 5.41. The molecule has 0 N–H and O–H groups in total. The van der Waals surface area contributed by atoms with Crippen molar-refractivity contribution in [2.45, 2.75) is 45.4 Å². The van der Waals surface area contributed by atoms with Crippen LogP contribution in [0.1, 0.15) is 51.0 Å². The Kier molecular flexibility index (Phi) is 4.47. The van der Waals surface area contributed by atoms with E-state index in [4.69, 9.17) is 10.00 Å². The van der Waals surface area contributed by atoms with Crippen LogP contribution < -0.4 is 4.74 Å². The minimum Gasteiger partial charge on any atom is -0.426 e. The minimum absolute atomic E-state index is 0.0466. The van der Waals surface area contributed by atoms with Gasteiger partial charge in [0.25, 0.3) is 0 Å². The molecule has 116 valence electrons. The van der Waals surface area contributed by atoms with Gasteiger partial charge in [0, 0.05) is 0 Å². The van der Waals surface area contributed by atoms with E-state index in [1.165, 1.54) is 25.7 Å².